The van der Waals surface area contributed by atoms with Gasteiger partial charge in [-0.3, -0.25) is 4.79 Å². The van der Waals surface area contributed by atoms with Crippen molar-refractivity contribution in [3.05, 3.63) is 78.1 Å². The van der Waals surface area contributed by atoms with E-state index in [4.69, 9.17) is 4.74 Å². The Bertz CT molecular complexity index is 794. The zero-order chi connectivity index (χ0) is 19.2. The van der Waals surface area contributed by atoms with Gasteiger partial charge in [-0.05, 0) is 41.8 Å². The molecule has 0 aromatic heterocycles. The van der Waals surface area contributed by atoms with Crippen LogP contribution in [0.3, 0.4) is 0 Å². The molecule has 0 aliphatic carbocycles. The predicted octanol–water partition coefficient (Wildman–Crippen LogP) is 4.85. The maximum atomic E-state index is 14.0. The van der Waals surface area contributed by atoms with Crippen LogP contribution in [0.4, 0.5) is 8.78 Å². The molecular weight excluding hydrogens is 348 g/mol. The van der Waals surface area contributed by atoms with Gasteiger partial charge >= 0.3 is 0 Å². The second-order valence-corrected chi connectivity index (χ2v) is 6.80. The third-order valence-electron chi connectivity index (χ3n) is 4.68. The molecule has 1 aliphatic heterocycles. The fourth-order valence-electron chi connectivity index (χ4n) is 3.29. The van der Waals surface area contributed by atoms with Crippen molar-refractivity contribution < 1.29 is 18.3 Å². The minimum absolute atomic E-state index is 0.0486. The molecular formula is C22H23F2NO2. The van der Waals surface area contributed by atoms with Gasteiger partial charge in [0.05, 0.1) is 12.6 Å². The van der Waals surface area contributed by atoms with Crippen molar-refractivity contribution in [3.8, 4) is 5.75 Å². The number of carbonyl (C=O) groups is 1. The monoisotopic (exact) mass is 371 g/mol. The molecule has 1 fully saturated rings. The molecule has 0 bridgehead atoms. The lowest BCUT2D eigenvalue weighted by atomic mass is 10.0. The van der Waals surface area contributed by atoms with Crippen LogP contribution in [0.1, 0.15) is 30.9 Å². The summed E-state index contributed by atoms with van der Waals surface area (Å²) in [6, 6.07) is 15.0. The van der Waals surface area contributed by atoms with Gasteiger partial charge < -0.3 is 9.64 Å². The van der Waals surface area contributed by atoms with Gasteiger partial charge in [-0.1, -0.05) is 36.9 Å². The number of halogens is 2. The number of ether oxygens (including phenoxy) is 1. The van der Waals surface area contributed by atoms with Crippen molar-refractivity contribution in [2.24, 2.45) is 0 Å². The van der Waals surface area contributed by atoms with E-state index in [9.17, 15) is 13.6 Å². The van der Waals surface area contributed by atoms with Crippen LogP contribution in [0, 0.1) is 5.82 Å². The first kappa shape index (κ1) is 19.1. The second kappa shape index (κ2) is 8.80. The highest BCUT2D eigenvalue weighted by Crippen LogP contribution is 2.34. The Morgan fingerprint density at radius 3 is 2.67 bits per heavy atom. The average molecular weight is 371 g/mol. The number of amides is 1. The van der Waals surface area contributed by atoms with Crippen molar-refractivity contribution in [1.29, 1.82) is 0 Å². The van der Waals surface area contributed by atoms with E-state index in [1.807, 2.05) is 30.3 Å². The smallest absolute Gasteiger partial charge is 0.223 e. The topological polar surface area (TPSA) is 29.5 Å². The van der Waals surface area contributed by atoms with Gasteiger partial charge in [0.25, 0.3) is 0 Å². The van der Waals surface area contributed by atoms with Crippen molar-refractivity contribution in [1.82, 2.24) is 4.90 Å². The summed E-state index contributed by atoms with van der Waals surface area (Å²) in [4.78, 5) is 14.1. The van der Waals surface area contributed by atoms with Gasteiger partial charge in [-0.15, -0.1) is 0 Å². The van der Waals surface area contributed by atoms with Crippen molar-refractivity contribution >= 4 is 5.91 Å². The number of hydrogen-bond acceptors (Lipinski definition) is 2. The fourth-order valence-corrected chi connectivity index (χ4v) is 3.29. The van der Waals surface area contributed by atoms with E-state index in [0.29, 0.717) is 18.6 Å². The zero-order valence-corrected chi connectivity index (χ0v) is 15.1. The molecule has 0 radical (unpaired) electrons. The van der Waals surface area contributed by atoms with Gasteiger partial charge in [-0.2, -0.15) is 0 Å². The highest BCUT2D eigenvalue weighted by atomic mass is 19.1. The summed E-state index contributed by atoms with van der Waals surface area (Å²) in [5.74, 6) is 0.217. The number of rotatable bonds is 7. The largest absolute Gasteiger partial charge is 0.489 e. The van der Waals surface area contributed by atoms with E-state index in [1.165, 1.54) is 17.0 Å². The summed E-state index contributed by atoms with van der Waals surface area (Å²) in [5, 5.41) is 0. The zero-order valence-electron chi connectivity index (χ0n) is 15.1. The molecule has 27 heavy (non-hydrogen) atoms. The Balaban J connectivity index is 1.53. The lowest BCUT2D eigenvalue weighted by Gasteiger charge is -2.25. The molecule has 2 aromatic rings. The number of carbonyl (C=O) groups excluding carboxylic acids is 1. The van der Waals surface area contributed by atoms with Crippen LogP contribution < -0.4 is 4.74 Å². The molecule has 1 amide bonds. The first-order chi connectivity index (χ1) is 13.0. The summed E-state index contributed by atoms with van der Waals surface area (Å²) in [6.07, 6.45) is -0.190. The highest BCUT2D eigenvalue weighted by Gasteiger charge is 2.36. The Kier molecular flexibility index (Phi) is 6.22. The normalized spacial score (nSPS) is 19.1. The van der Waals surface area contributed by atoms with Gasteiger partial charge in [0.15, 0.2) is 0 Å². The molecule has 5 heteroatoms. The molecule has 1 aliphatic rings. The van der Waals surface area contributed by atoms with Crippen molar-refractivity contribution in [3.63, 3.8) is 0 Å². The fraction of sp³-hybridized carbons (Fsp3) is 0.318. The van der Waals surface area contributed by atoms with Crippen molar-refractivity contribution in [2.45, 2.75) is 31.5 Å². The molecule has 0 N–H and O–H groups in total. The molecule has 0 spiro atoms. The minimum atomic E-state index is -1.09. The number of alkyl halides is 1. The number of para-hydroxylation sites is 1. The second-order valence-electron chi connectivity index (χ2n) is 6.80. The van der Waals surface area contributed by atoms with Crippen LogP contribution in [-0.4, -0.2) is 30.1 Å². The standard InChI is InChI=1S/C22H23F2NO2/c1-16(15-27-20-8-3-2-4-9-20)10-11-22(26)25-14-19(24)13-21(25)17-6-5-7-18(23)12-17/h2-9,12,19,21H,1,10-11,13-15H2. The Labute approximate surface area is 158 Å². The summed E-state index contributed by atoms with van der Waals surface area (Å²) < 4.78 is 33.1. The number of benzene rings is 2. The lowest BCUT2D eigenvalue weighted by molar-refractivity contribution is -0.132. The molecule has 142 valence electrons. The summed E-state index contributed by atoms with van der Waals surface area (Å²) in [5.41, 5.74) is 1.43. The number of nitrogens with zero attached hydrogens (tertiary/aromatic N) is 1. The quantitative estimate of drug-likeness (QED) is 0.651. The van der Waals surface area contributed by atoms with Gasteiger partial charge in [0, 0.05) is 12.8 Å². The molecule has 2 unspecified atom stereocenters. The van der Waals surface area contributed by atoms with E-state index in [-0.39, 0.29) is 31.1 Å². The van der Waals surface area contributed by atoms with Gasteiger partial charge in [0.2, 0.25) is 5.91 Å². The Morgan fingerprint density at radius 2 is 1.93 bits per heavy atom. The van der Waals surface area contributed by atoms with Crippen LogP contribution >= 0.6 is 0 Å². The first-order valence-corrected chi connectivity index (χ1v) is 9.06. The van der Waals surface area contributed by atoms with Crippen LogP contribution in [-0.2, 0) is 4.79 Å². The molecule has 1 saturated heterocycles. The van der Waals surface area contributed by atoms with Crippen LogP contribution in [0.25, 0.3) is 0 Å². The van der Waals surface area contributed by atoms with Crippen LogP contribution in [0.15, 0.2) is 66.7 Å². The van der Waals surface area contributed by atoms with Crippen LogP contribution in [0.2, 0.25) is 0 Å². The minimum Gasteiger partial charge on any atom is -0.489 e. The lowest BCUT2D eigenvalue weighted by Crippen LogP contribution is -2.31. The predicted molar refractivity (Wildman–Crippen MR) is 101 cm³/mol. The molecule has 3 rings (SSSR count). The van der Waals surface area contributed by atoms with E-state index in [2.05, 4.69) is 6.58 Å². The summed E-state index contributed by atoms with van der Waals surface area (Å²) >= 11 is 0. The van der Waals surface area contributed by atoms with Gasteiger partial charge in [0.1, 0.15) is 24.3 Å². The third-order valence-corrected chi connectivity index (χ3v) is 4.68. The molecule has 2 aromatic carbocycles. The molecule has 2 atom stereocenters. The highest BCUT2D eigenvalue weighted by molar-refractivity contribution is 5.77. The molecule has 1 heterocycles. The average Bonchev–Trinajstić information content (AvgIpc) is 3.07. The summed E-state index contributed by atoms with van der Waals surface area (Å²) in [6.45, 7) is 4.33. The van der Waals surface area contributed by atoms with E-state index >= 15 is 0 Å². The van der Waals surface area contributed by atoms with Crippen LogP contribution in [0.5, 0.6) is 5.75 Å². The third kappa shape index (κ3) is 5.16. The Morgan fingerprint density at radius 1 is 1.15 bits per heavy atom. The van der Waals surface area contributed by atoms with Gasteiger partial charge in [-0.25, -0.2) is 8.78 Å². The van der Waals surface area contributed by atoms with Crippen molar-refractivity contribution in [2.75, 3.05) is 13.2 Å². The van der Waals surface area contributed by atoms with E-state index in [1.54, 1.807) is 12.1 Å². The molecule has 0 saturated carbocycles. The first-order valence-electron chi connectivity index (χ1n) is 9.06. The van der Waals surface area contributed by atoms with E-state index in [0.717, 1.165) is 11.3 Å². The molecule has 3 nitrogen and oxygen atoms in total. The summed E-state index contributed by atoms with van der Waals surface area (Å²) in [7, 11) is 0. The number of likely N-dealkylation sites (tertiary alicyclic amines) is 1. The SMILES string of the molecule is C=C(CCC(=O)N1CC(F)CC1c1cccc(F)c1)COc1ccccc1. The Hall–Kier alpha value is -2.69. The maximum absolute atomic E-state index is 14.0. The number of hydrogen-bond donors (Lipinski definition) is 0. The maximum Gasteiger partial charge on any atom is 0.223 e. The van der Waals surface area contributed by atoms with E-state index < -0.39 is 12.2 Å².